The van der Waals surface area contributed by atoms with Crippen LogP contribution in [0.4, 0.5) is 0 Å². The zero-order valence-electron chi connectivity index (χ0n) is 10.3. The van der Waals surface area contributed by atoms with Gasteiger partial charge in [0, 0.05) is 18.4 Å². The van der Waals surface area contributed by atoms with Gasteiger partial charge >= 0.3 is 0 Å². The molecule has 1 aromatic rings. The number of hydrogen-bond acceptors (Lipinski definition) is 5. The van der Waals surface area contributed by atoms with E-state index in [1.807, 2.05) is 0 Å². The molecule has 0 spiro atoms. The summed E-state index contributed by atoms with van der Waals surface area (Å²) in [6, 6.07) is 0.586. The van der Waals surface area contributed by atoms with Crippen molar-refractivity contribution in [2.45, 2.75) is 43.9 Å². The van der Waals surface area contributed by atoms with Gasteiger partial charge in [0.15, 0.2) is 5.16 Å². The van der Waals surface area contributed by atoms with Crippen LogP contribution in [0.25, 0.3) is 0 Å². The second-order valence-corrected chi connectivity index (χ2v) is 5.23. The molecular formula is C11H20N4OS. The van der Waals surface area contributed by atoms with Gasteiger partial charge in [0.1, 0.15) is 5.82 Å². The van der Waals surface area contributed by atoms with Crippen molar-refractivity contribution in [2.24, 2.45) is 5.73 Å². The topological polar surface area (TPSA) is 66.0 Å². The molecule has 0 saturated heterocycles. The molecule has 0 amide bonds. The van der Waals surface area contributed by atoms with Crippen LogP contribution in [0.5, 0.6) is 0 Å². The monoisotopic (exact) mass is 256 g/mol. The van der Waals surface area contributed by atoms with E-state index in [1.165, 1.54) is 12.8 Å². The number of thioether (sulfide) groups is 1. The van der Waals surface area contributed by atoms with Crippen molar-refractivity contribution in [1.82, 2.24) is 14.8 Å². The summed E-state index contributed by atoms with van der Waals surface area (Å²) < 4.78 is 7.65. The van der Waals surface area contributed by atoms with Gasteiger partial charge in [0.25, 0.3) is 0 Å². The van der Waals surface area contributed by atoms with Crippen molar-refractivity contribution in [3.8, 4) is 0 Å². The van der Waals surface area contributed by atoms with Gasteiger partial charge in [0.2, 0.25) is 0 Å². The third-order valence-electron chi connectivity index (χ3n) is 2.64. The molecule has 0 bridgehead atoms. The molecule has 0 unspecified atom stereocenters. The van der Waals surface area contributed by atoms with Gasteiger partial charge in [0.05, 0.1) is 13.2 Å². The molecule has 1 aliphatic rings. The largest absolute Gasteiger partial charge is 0.381 e. The Morgan fingerprint density at radius 1 is 1.41 bits per heavy atom. The van der Waals surface area contributed by atoms with E-state index in [4.69, 9.17) is 10.5 Å². The summed E-state index contributed by atoms with van der Waals surface area (Å²) in [7, 11) is 0. The Morgan fingerprint density at radius 3 is 2.88 bits per heavy atom. The van der Waals surface area contributed by atoms with E-state index in [0.717, 1.165) is 36.4 Å². The number of hydrogen-bond donors (Lipinski definition) is 1. The minimum absolute atomic E-state index is 0.469. The quantitative estimate of drug-likeness (QED) is 0.565. The molecular weight excluding hydrogens is 236 g/mol. The Bertz CT molecular complexity index is 351. The van der Waals surface area contributed by atoms with Crippen molar-refractivity contribution in [3.63, 3.8) is 0 Å². The van der Waals surface area contributed by atoms with Gasteiger partial charge < -0.3 is 15.0 Å². The normalized spacial score (nSPS) is 15.4. The third-order valence-corrected chi connectivity index (χ3v) is 3.54. The molecule has 2 rings (SSSR count). The first-order valence-electron chi connectivity index (χ1n) is 6.21. The highest BCUT2D eigenvalue weighted by Crippen LogP contribution is 2.38. The van der Waals surface area contributed by atoms with E-state index < -0.39 is 0 Å². The van der Waals surface area contributed by atoms with Crippen LogP contribution in [-0.2, 0) is 11.3 Å². The van der Waals surface area contributed by atoms with Crippen LogP contribution in [0.3, 0.4) is 0 Å². The van der Waals surface area contributed by atoms with E-state index in [0.29, 0.717) is 12.6 Å². The van der Waals surface area contributed by atoms with Crippen molar-refractivity contribution >= 4 is 11.8 Å². The number of aromatic nitrogens is 3. The molecule has 17 heavy (non-hydrogen) atoms. The van der Waals surface area contributed by atoms with Crippen molar-refractivity contribution in [2.75, 3.05) is 19.0 Å². The fourth-order valence-electron chi connectivity index (χ4n) is 1.68. The Kier molecular flexibility index (Phi) is 4.82. The van der Waals surface area contributed by atoms with Crippen LogP contribution in [-0.4, -0.2) is 33.7 Å². The standard InChI is InChI=1S/C11H20N4OS/c1-2-5-16-6-7-17-11-14-13-10(8-12)15(11)9-3-4-9/h9H,2-8,12H2,1H3. The average Bonchev–Trinajstić information content (AvgIpc) is 3.10. The zero-order chi connectivity index (χ0) is 12.1. The Labute approximate surface area is 106 Å². The molecule has 1 heterocycles. The second-order valence-electron chi connectivity index (χ2n) is 4.16. The van der Waals surface area contributed by atoms with Gasteiger partial charge in [-0.25, -0.2) is 0 Å². The van der Waals surface area contributed by atoms with Crippen LogP contribution >= 0.6 is 11.8 Å². The molecule has 1 aromatic heterocycles. The van der Waals surface area contributed by atoms with Gasteiger partial charge in [-0.2, -0.15) is 0 Å². The highest BCUT2D eigenvalue weighted by atomic mass is 32.2. The second kappa shape index (κ2) is 6.37. The molecule has 0 aromatic carbocycles. The van der Waals surface area contributed by atoms with Crippen LogP contribution in [0, 0.1) is 0 Å². The molecule has 0 aliphatic heterocycles. The zero-order valence-corrected chi connectivity index (χ0v) is 11.1. The number of nitrogens with two attached hydrogens (primary N) is 1. The first-order chi connectivity index (χ1) is 8.36. The van der Waals surface area contributed by atoms with Crippen LogP contribution in [0.15, 0.2) is 5.16 Å². The highest BCUT2D eigenvalue weighted by Gasteiger charge is 2.28. The van der Waals surface area contributed by atoms with Gasteiger partial charge in [-0.05, 0) is 19.3 Å². The molecule has 1 saturated carbocycles. The third kappa shape index (κ3) is 3.43. The maximum absolute atomic E-state index is 5.67. The summed E-state index contributed by atoms with van der Waals surface area (Å²) in [4.78, 5) is 0. The molecule has 2 N–H and O–H groups in total. The molecule has 1 aliphatic carbocycles. The first-order valence-corrected chi connectivity index (χ1v) is 7.19. The van der Waals surface area contributed by atoms with Crippen LogP contribution in [0.1, 0.15) is 38.1 Å². The van der Waals surface area contributed by atoms with E-state index in [2.05, 4.69) is 21.7 Å². The molecule has 6 heteroatoms. The van der Waals surface area contributed by atoms with Gasteiger partial charge in [-0.3, -0.25) is 0 Å². The van der Waals surface area contributed by atoms with Crippen LogP contribution in [0.2, 0.25) is 0 Å². The van der Waals surface area contributed by atoms with Crippen molar-refractivity contribution in [1.29, 1.82) is 0 Å². The summed E-state index contributed by atoms with van der Waals surface area (Å²) in [5, 5.41) is 9.34. The van der Waals surface area contributed by atoms with E-state index >= 15 is 0 Å². The first kappa shape index (κ1) is 12.9. The summed E-state index contributed by atoms with van der Waals surface area (Å²) in [6.07, 6.45) is 3.52. The van der Waals surface area contributed by atoms with Crippen LogP contribution < -0.4 is 5.73 Å². The lowest BCUT2D eigenvalue weighted by Crippen LogP contribution is -2.08. The maximum atomic E-state index is 5.67. The van der Waals surface area contributed by atoms with Crippen molar-refractivity contribution < 1.29 is 4.74 Å². The maximum Gasteiger partial charge on any atom is 0.191 e. The summed E-state index contributed by atoms with van der Waals surface area (Å²) in [5.74, 6) is 1.83. The predicted octanol–water partition coefficient (Wildman–Crippen LogP) is 1.59. The van der Waals surface area contributed by atoms with Gasteiger partial charge in [-0.1, -0.05) is 18.7 Å². The number of nitrogens with zero attached hydrogens (tertiary/aromatic N) is 3. The highest BCUT2D eigenvalue weighted by molar-refractivity contribution is 7.99. The summed E-state index contributed by atoms with van der Waals surface area (Å²) >= 11 is 1.71. The molecule has 0 atom stereocenters. The SMILES string of the molecule is CCCOCCSc1nnc(CN)n1C1CC1. The van der Waals surface area contributed by atoms with E-state index in [-0.39, 0.29) is 0 Å². The summed E-state index contributed by atoms with van der Waals surface area (Å²) in [6.45, 7) is 4.19. The molecule has 96 valence electrons. The summed E-state index contributed by atoms with van der Waals surface area (Å²) in [5.41, 5.74) is 5.67. The predicted molar refractivity (Wildman–Crippen MR) is 68.0 cm³/mol. The lowest BCUT2D eigenvalue weighted by atomic mass is 10.5. The fraction of sp³-hybridized carbons (Fsp3) is 0.818. The van der Waals surface area contributed by atoms with Gasteiger partial charge in [-0.15, -0.1) is 10.2 Å². The number of ether oxygens (including phenoxy) is 1. The Hall–Kier alpha value is -0.590. The smallest absolute Gasteiger partial charge is 0.191 e. The minimum atomic E-state index is 0.469. The Morgan fingerprint density at radius 2 is 2.24 bits per heavy atom. The van der Waals surface area contributed by atoms with E-state index in [1.54, 1.807) is 11.8 Å². The number of rotatable bonds is 8. The van der Waals surface area contributed by atoms with Crippen molar-refractivity contribution in [3.05, 3.63) is 5.82 Å². The lowest BCUT2D eigenvalue weighted by Gasteiger charge is -2.07. The molecule has 5 nitrogen and oxygen atoms in total. The lowest BCUT2D eigenvalue weighted by molar-refractivity contribution is 0.151. The Balaban J connectivity index is 1.85. The minimum Gasteiger partial charge on any atom is -0.381 e. The molecule has 1 fully saturated rings. The molecule has 0 radical (unpaired) electrons. The fourth-order valence-corrected chi connectivity index (χ4v) is 2.56. The average molecular weight is 256 g/mol. The van der Waals surface area contributed by atoms with E-state index in [9.17, 15) is 0 Å².